The number of nitrogens with zero attached hydrogens (tertiary/aromatic N) is 2. The first-order valence-corrected chi connectivity index (χ1v) is 6.19. The maximum absolute atomic E-state index is 4.98. The lowest BCUT2D eigenvalue weighted by molar-refractivity contribution is 0.199. The van der Waals surface area contributed by atoms with Crippen molar-refractivity contribution in [2.45, 2.75) is 18.5 Å². The zero-order valence-electron chi connectivity index (χ0n) is 9.83. The lowest BCUT2D eigenvalue weighted by Crippen LogP contribution is -2.19. The van der Waals surface area contributed by atoms with Crippen LogP contribution < -0.4 is 5.32 Å². The summed E-state index contributed by atoms with van der Waals surface area (Å²) in [5.74, 6) is 0. The standard InChI is InChI=1S/C10H19N3OS/c1-8-9(7-11-5-6-14-3)10(15-4)13(2)12-8/h11H,5-7H2,1-4H3. The fourth-order valence-electron chi connectivity index (χ4n) is 1.53. The lowest BCUT2D eigenvalue weighted by Gasteiger charge is -2.05. The molecule has 0 fully saturated rings. The molecule has 0 aliphatic carbocycles. The third-order valence-electron chi connectivity index (χ3n) is 2.27. The molecule has 0 radical (unpaired) electrons. The van der Waals surface area contributed by atoms with Crippen molar-refractivity contribution in [2.24, 2.45) is 7.05 Å². The normalized spacial score (nSPS) is 10.9. The van der Waals surface area contributed by atoms with Gasteiger partial charge in [-0.2, -0.15) is 5.10 Å². The van der Waals surface area contributed by atoms with E-state index in [0.717, 1.165) is 25.4 Å². The molecule has 86 valence electrons. The largest absolute Gasteiger partial charge is 0.383 e. The third-order valence-corrected chi connectivity index (χ3v) is 3.16. The Morgan fingerprint density at radius 1 is 1.53 bits per heavy atom. The topological polar surface area (TPSA) is 39.1 Å². The Balaban J connectivity index is 2.59. The van der Waals surface area contributed by atoms with Crippen LogP contribution in [-0.4, -0.2) is 36.3 Å². The van der Waals surface area contributed by atoms with Gasteiger partial charge in [0.05, 0.1) is 17.3 Å². The third kappa shape index (κ3) is 3.22. The lowest BCUT2D eigenvalue weighted by atomic mass is 10.2. The Bertz CT molecular complexity index is 312. The first kappa shape index (κ1) is 12.5. The van der Waals surface area contributed by atoms with Gasteiger partial charge in [0.2, 0.25) is 0 Å². The van der Waals surface area contributed by atoms with Crippen LogP contribution in [-0.2, 0) is 18.3 Å². The summed E-state index contributed by atoms with van der Waals surface area (Å²) in [4.78, 5) is 0. The second kappa shape index (κ2) is 6.15. The van der Waals surface area contributed by atoms with E-state index < -0.39 is 0 Å². The molecule has 1 aromatic rings. The summed E-state index contributed by atoms with van der Waals surface area (Å²) in [7, 11) is 3.70. The summed E-state index contributed by atoms with van der Waals surface area (Å²) in [6, 6.07) is 0. The zero-order chi connectivity index (χ0) is 11.3. The van der Waals surface area contributed by atoms with Crippen LogP contribution in [0.4, 0.5) is 0 Å². The molecule has 0 aliphatic rings. The van der Waals surface area contributed by atoms with Crippen molar-refractivity contribution in [1.29, 1.82) is 0 Å². The van der Waals surface area contributed by atoms with Gasteiger partial charge in [-0.15, -0.1) is 11.8 Å². The van der Waals surface area contributed by atoms with Crippen molar-refractivity contribution < 1.29 is 4.74 Å². The second-order valence-corrected chi connectivity index (χ2v) is 4.16. The molecule has 1 heterocycles. The number of aryl methyl sites for hydroxylation is 2. The quantitative estimate of drug-likeness (QED) is 0.587. The van der Waals surface area contributed by atoms with Gasteiger partial charge in [0, 0.05) is 32.8 Å². The summed E-state index contributed by atoms with van der Waals surface area (Å²) in [6.07, 6.45) is 2.08. The number of rotatable bonds is 6. The van der Waals surface area contributed by atoms with Gasteiger partial charge >= 0.3 is 0 Å². The monoisotopic (exact) mass is 229 g/mol. The fourth-order valence-corrected chi connectivity index (χ4v) is 2.30. The van der Waals surface area contributed by atoms with E-state index in [1.54, 1.807) is 18.9 Å². The Labute approximate surface area is 95.4 Å². The molecule has 1 rings (SSSR count). The molecule has 0 aliphatic heterocycles. The molecule has 0 atom stereocenters. The van der Waals surface area contributed by atoms with Gasteiger partial charge in [-0.05, 0) is 13.2 Å². The van der Waals surface area contributed by atoms with Crippen LogP contribution in [0.25, 0.3) is 0 Å². The van der Waals surface area contributed by atoms with Crippen LogP contribution in [0.3, 0.4) is 0 Å². The van der Waals surface area contributed by atoms with E-state index >= 15 is 0 Å². The molecule has 1 N–H and O–H groups in total. The Kier molecular flexibility index (Phi) is 5.14. The van der Waals surface area contributed by atoms with Crippen molar-refractivity contribution in [1.82, 2.24) is 15.1 Å². The van der Waals surface area contributed by atoms with Gasteiger partial charge in [0.1, 0.15) is 0 Å². The van der Waals surface area contributed by atoms with E-state index in [-0.39, 0.29) is 0 Å². The molecule has 4 nitrogen and oxygen atoms in total. The minimum atomic E-state index is 0.744. The predicted molar refractivity (Wildman–Crippen MR) is 63.3 cm³/mol. The summed E-state index contributed by atoms with van der Waals surface area (Å²) in [5.41, 5.74) is 2.40. The molecule has 1 aromatic heterocycles. The molecule has 0 spiro atoms. The number of thioether (sulfide) groups is 1. The highest BCUT2D eigenvalue weighted by Crippen LogP contribution is 2.22. The molecule has 0 saturated carbocycles. The Hall–Kier alpha value is -0.520. The molecule has 0 bridgehead atoms. The van der Waals surface area contributed by atoms with Gasteiger partial charge in [0.25, 0.3) is 0 Å². The van der Waals surface area contributed by atoms with Crippen molar-refractivity contribution in [3.8, 4) is 0 Å². The van der Waals surface area contributed by atoms with E-state index in [9.17, 15) is 0 Å². The van der Waals surface area contributed by atoms with E-state index in [4.69, 9.17) is 4.74 Å². The second-order valence-electron chi connectivity index (χ2n) is 3.37. The maximum atomic E-state index is 4.98. The number of ether oxygens (including phenoxy) is 1. The SMILES string of the molecule is COCCNCc1c(C)nn(C)c1SC. The molecule has 0 unspecified atom stereocenters. The average molecular weight is 229 g/mol. The first-order valence-electron chi connectivity index (χ1n) is 4.96. The number of nitrogens with one attached hydrogen (secondary N) is 1. The van der Waals surface area contributed by atoms with Crippen LogP contribution in [0.2, 0.25) is 0 Å². The highest BCUT2D eigenvalue weighted by Gasteiger charge is 2.11. The minimum Gasteiger partial charge on any atom is -0.383 e. The highest BCUT2D eigenvalue weighted by atomic mass is 32.2. The average Bonchev–Trinajstić information content (AvgIpc) is 2.48. The van der Waals surface area contributed by atoms with Crippen molar-refractivity contribution >= 4 is 11.8 Å². The van der Waals surface area contributed by atoms with E-state index in [1.807, 2.05) is 18.7 Å². The van der Waals surface area contributed by atoms with Crippen LogP contribution >= 0.6 is 11.8 Å². The minimum absolute atomic E-state index is 0.744. The fraction of sp³-hybridized carbons (Fsp3) is 0.700. The molecule has 0 amide bonds. The summed E-state index contributed by atoms with van der Waals surface area (Å²) in [6.45, 7) is 4.53. The van der Waals surface area contributed by atoms with Gasteiger partial charge in [-0.3, -0.25) is 4.68 Å². The van der Waals surface area contributed by atoms with E-state index in [2.05, 4.69) is 16.7 Å². The number of hydrogen-bond acceptors (Lipinski definition) is 4. The van der Waals surface area contributed by atoms with Crippen LogP contribution in [0, 0.1) is 6.92 Å². The molecule has 5 heteroatoms. The zero-order valence-corrected chi connectivity index (χ0v) is 10.6. The van der Waals surface area contributed by atoms with Crippen LogP contribution in [0.15, 0.2) is 5.03 Å². The summed E-state index contributed by atoms with van der Waals surface area (Å²) in [5, 5.41) is 8.98. The van der Waals surface area contributed by atoms with Crippen LogP contribution in [0.5, 0.6) is 0 Å². The van der Waals surface area contributed by atoms with Crippen molar-refractivity contribution in [2.75, 3.05) is 26.5 Å². The molecule has 0 saturated heterocycles. The molecular formula is C10H19N3OS. The maximum Gasteiger partial charge on any atom is 0.0981 e. The van der Waals surface area contributed by atoms with E-state index in [0.29, 0.717) is 0 Å². The Morgan fingerprint density at radius 3 is 2.87 bits per heavy atom. The van der Waals surface area contributed by atoms with Gasteiger partial charge in [-0.25, -0.2) is 0 Å². The number of methoxy groups -OCH3 is 1. The molecular weight excluding hydrogens is 210 g/mol. The smallest absolute Gasteiger partial charge is 0.0981 e. The first-order chi connectivity index (χ1) is 7.20. The van der Waals surface area contributed by atoms with Gasteiger partial charge in [0.15, 0.2) is 0 Å². The summed E-state index contributed by atoms with van der Waals surface area (Å²) >= 11 is 1.74. The van der Waals surface area contributed by atoms with E-state index in [1.165, 1.54) is 10.6 Å². The van der Waals surface area contributed by atoms with Gasteiger partial charge in [-0.1, -0.05) is 0 Å². The van der Waals surface area contributed by atoms with Crippen LogP contribution in [0.1, 0.15) is 11.3 Å². The predicted octanol–water partition coefficient (Wildman–Crippen LogP) is 1.19. The molecule has 0 aromatic carbocycles. The van der Waals surface area contributed by atoms with Crippen molar-refractivity contribution in [3.05, 3.63) is 11.3 Å². The number of hydrogen-bond donors (Lipinski definition) is 1. The molecule has 15 heavy (non-hydrogen) atoms. The highest BCUT2D eigenvalue weighted by molar-refractivity contribution is 7.98. The Morgan fingerprint density at radius 2 is 2.27 bits per heavy atom. The van der Waals surface area contributed by atoms with Crippen molar-refractivity contribution in [3.63, 3.8) is 0 Å². The van der Waals surface area contributed by atoms with Gasteiger partial charge < -0.3 is 10.1 Å². The summed E-state index contributed by atoms with van der Waals surface area (Å²) < 4.78 is 6.92. The number of aromatic nitrogens is 2.